The van der Waals surface area contributed by atoms with Crippen LogP contribution in [0.25, 0.3) is 21.8 Å². The van der Waals surface area contributed by atoms with Gasteiger partial charge in [-0.3, -0.25) is 9.78 Å². The third kappa shape index (κ3) is 3.69. The van der Waals surface area contributed by atoms with Crippen LogP contribution in [0.5, 0.6) is 0 Å². The predicted octanol–water partition coefficient (Wildman–Crippen LogP) is 6.60. The van der Waals surface area contributed by atoms with Crippen molar-refractivity contribution in [1.82, 2.24) is 20.0 Å². The smallest absolute Gasteiger partial charge is 0.156 e. The molecule has 2 heterocycles. The highest BCUT2D eigenvalue weighted by atomic mass is 19.1. The van der Waals surface area contributed by atoms with E-state index in [1.54, 1.807) is 6.20 Å². The number of hydrogen-bond donors (Lipinski definition) is 2. The molecule has 2 aromatic carbocycles. The molecule has 0 bridgehead atoms. The number of aromatic nitrogens is 4. The molecular formula is C27H34FN5. The Hall–Kier alpha value is -2.89. The molecule has 5 nitrogen and oxygen atoms in total. The molecule has 1 fully saturated rings. The third-order valence-corrected chi connectivity index (χ3v) is 7.16. The van der Waals surface area contributed by atoms with Gasteiger partial charge in [-0.25, -0.2) is 4.39 Å². The topological polar surface area (TPSA) is 58.5 Å². The maximum absolute atomic E-state index is 14.3. The Morgan fingerprint density at radius 1 is 1.12 bits per heavy atom. The van der Waals surface area contributed by atoms with Crippen molar-refractivity contribution in [1.29, 1.82) is 0 Å². The number of H-pyrrole nitrogens is 1. The second kappa shape index (κ2) is 7.57. The molecule has 0 spiro atoms. The van der Waals surface area contributed by atoms with E-state index in [0.29, 0.717) is 18.1 Å². The number of anilines is 1. The molecule has 0 aliphatic heterocycles. The second-order valence-electron chi connectivity index (χ2n) is 11.3. The average molecular weight is 448 g/mol. The zero-order valence-corrected chi connectivity index (χ0v) is 20.5. The molecule has 5 rings (SSSR count). The largest absolute Gasteiger partial charge is 0.365 e. The van der Waals surface area contributed by atoms with Crippen molar-refractivity contribution in [3.05, 3.63) is 53.0 Å². The van der Waals surface area contributed by atoms with Gasteiger partial charge >= 0.3 is 0 Å². The first-order valence-electron chi connectivity index (χ1n) is 12.0. The summed E-state index contributed by atoms with van der Waals surface area (Å²) >= 11 is 0. The number of fused-ring (bicyclic) bond motifs is 2. The van der Waals surface area contributed by atoms with Crippen molar-refractivity contribution in [3.63, 3.8) is 0 Å². The maximum atomic E-state index is 14.3. The van der Waals surface area contributed by atoms with Gasteiger partial charge < -0.3 is 5.32 Å². The minimum Gasteiger partial charge on any atom is -0.365 e. The van der Waals surface area contributed by atoms with Crippen molar-refractivity contribution >= 4 is 27.6 Å². The summed E-state index contributed by atoms with van der Waals surface area (Å²) in [5.41, 5.74) is 5.04. The number of benzene rings is 2. The van der Waals surface area contributed by atoms with E-state index < -0.39 is 0 Å². The number of halogens is 1. The van der Waals surface area contributed by atoms with Crippen molar-refractivity contribution in [2.24, 2.45) is 0 Å². The number of rotatable bonds is 5. The van der Waals surface area contributed by atoms with E-state index in [-0.39, 0.29) is 16.6 Å². The number of aryl methyl sites for hydroxylation is 1. The fourth-order valence-corrected chi connectivity index (χ4v) is 5.36. The van der Waals surface area contributed by atoms with Crippen LogP contribution in [0.4, 0.5) is 10.2 Å². The highest BCUT2D eigenvalue weighted by Crippen LogP contribution is 2.40. The van der Waals surface area contributed by atoms with E-state index in [1.165, 1.54) is 41.8 Å². The van der Waals surface area contributed by atoms with E-state index in [2.05, 4.69) is 73.9 Å². The van der Waals surface area contributed by atoms with Gasteiger partial charge in [-0.15, -0.1) is 0 Å². The van der Waals surface area contributed by atoms with Gasteiger partial charge in [0.25, 0.3) is 0 Å². The van der Waals surface area contributed by atoms with E-state index in [9.17, 15) is 4.39 Å². The molecule has 0 radical (unpaired) electrons. The molecule has 1 saturated carbocycles. The molecule has 1 aliphatic carbocycles. The van der Waals surface area contributed by atoms with Crippen molar-refractivity contribution in [2.75, 3.05) is 5.32 Å². The molecule has 33 heavy (non-hydrogen) atoms. The summed E-state index contributed by atoms with van der Waals surface area (Å²) in [5.74, 6) is 0.718. The Balaban J connectivity index is 1.65. The van der Waals surface area contributed by atoms with Crippen LogP contribution in [0.1, 0.15) is 70.6 Å². The van der Waals surface area contributed by atoms with Crippen LogP contribution in [-0.4, -0.2) is 26.0 Å². The maximum Gasteiger partial charge on any atom is 0.156 e. The zero-order valence-electron chi connectivity index (χ0n) is 20.5. The lowest BCUT2D eigenvalue weighted by molar-refractivity contribution is 0.416. The van der Waals surface area contributed by atoms with E-state index in [1.807, 2.05) is 6.07 Å². The monoisotopic (exact) mass is 447 g/mol. The number of nitrogens with zero attached hydrogens (tertiary/aromatic N) is 3. The van der Waals surface area contributed by atoms with Crippen LogP contribution < -0.4 is 5.32 Å². The van der Waals surface area contributed by atoms with Crippen LogP contribution >= 0.6 is 0 Å². The van der Waals surface area contributed by atoms with Crippen LogP contribution in [0, 0.1) is 12.7 Å². The van der Waals surface area contributed by atoms with E-state index >= 15 is 0 Å². The Kier molecular flexibility index (Phi) is 5.03. The lowest BCUT2D eigenvalue weighted by Crippen LogP contribution is -2.28. The van der Waals surface area contributed by atoms with Gasteiger partial charge in [0, 0.05) is 22.2 Å². The van der Waals surface area contributed by atoms with Gasteiger partial charge in [0.15, 0.2) is 5.82 Å². The first-order chi connectivity index (χ1) is 15.6. The number of aromatic amines is 1. The fourth-order valence-electron chi connectivity index (χ4n) is 5.36. The van der Waals surface area contributed by atoms with E-state index in [0.717, 1.165) is 22.3 Å². The summed E-state index contributed by atoms with van der Waals surface area (Å²) in [6.07, 6.45) is 5.40. The first-order valence-corrected chi connectivity index (χ1v) is 12.0. The summed E-state index contributed by atoms with van der Waals surface area (Å²) in [6.45, 7) is 14.1. The minimum absolute atomic E-state index is 0.00291. The Labute approximate surface area is 194 Å². The molecule has 4 aromatic rings. The standard InChI is InChI=1S/C27H34FN5/c1-16-10-13-21-22(23(16)26(2,3)4)25(30-17-8-7-9-17)32-33(21)15-27(5,6)19-11-12-20(28)24-18(19)14-29-31-24/h10-14,17H,7-9,15H2,1-6H3,(H,29,31)(H,30,32). The molecule has 0 saturated heterocycles. The molecule has 2 aromatic heterocycles. The highest BCUT2D eigenvalue weighted by molar-refractivity contribution is 5.95. The van der Waals surface area contributed by atoms with Crippen molar-refractivity contribution in [3.8, 4) is 0 Å². The Morgan fingerprint density at radius 2 is 1.88 bits per heavy atom. The molecule has 2 N–H and O–H groups in total. The summed E-state index contributed by atoms with van der Waals surface area (Å²) in [7, 11) is 0. The van der Waals surface area contributed by atoms with Crippen molar-refractivity contribution < 1.29 is 4.39 Å². The zero-order chi connectivity index (χ0) is 23.5. The average Bonchev–Trinajstić information content (AvgIpc) is 3.29. The summed E-state index contributed by atoms with van der Waals surface area (Å²) < 4.78 is 16.4. The van der Waals surface area contributed by atoms with Crippen LogP contribution in [-0.2, 0) is 17.4 Å². The molecule has 0 atom stereocenters. The SMILES string of the molecule is Cc1ccc2c(c(NC3CCC3)nn2CC(C)(C)c2ccc(F)c3[nH]ncc23)c1C(C)(C)C. The molecule has 0 amide bonds. The van der Waals surface area contributed by atoms with Gasteiger partial charge in [0.1, 0.15) is 11.3 Å². The quantitative estimate of drug-likeness (QED) is 0.362. The molecule has 174 valence electrons. The summed E-state index contributed by atoms with van der Waals surface area (Å²) in [5, 5.41) is 17.8. The normalized spacial score (nSPS) is 15.4. The summed E-state index contributed by atoms with van der Waals surface area (Å²) in [6, 6.07) is 8.33. The fraction of sp³-hybridized carbons (Fsp3) is 0.481. The van der Waals surface area contributed by atoms with Gasteiger partial charge in [0.2, 0.25) is 0 Å². The lowest BCUT2D eigenvalue weighted by Gasteiger charge is -2.28. The van der Waals surface area contributed by atoms with Crippen LogP contribution in [0.2, 0.25) is 0 Å². The second-order valence-corrected chi connectivity index (χ2v) is 11.3. The van der Waals surface area contributed by atoms with E-state index in [4.69, 9.17) is 5.10 Å². The highest BCUT2D eigenvalue weighted by Gasteiger charge is 2.30. The number of hydrogen-bond acceptors (Lipinski definition) is 3. The summed E-state index contributed by atoms with van der Waals surface area (Å²) in [4.78, 5) is 0. The van der Waals surface area contributed by atoms with Gasteiger partial charge in [0.05, 0.1) is 18.3 Å². The first kappa shape index (κ1) is 21.9. The Bertz CT molecular complexity index is 1330. The lowest BCUT2D eigenvalue weighted by atomic mass is 9.81. The van der Waals surface area contributed by atoms with Gasteiger partial charge in [-0.05, 0) is 60.4 Å². The van der Waals surface area contributed by atoms with Gasteiger partial charge in [-0.2, -0.15) is 10.2 Å². The van der Waals surface area contributed by atoms with Crippen LogP contribution in [0.15, 0.2) is 30.5 Å². The van der Waals surface area contributed by atoms with Crippen molar-refractivity contribution in [2.45, 2.75) is 84.2 Å². The Morgan fingerprint density at radius 3 is 2.55 bits per heavy atom. The van der Waals surface area contributed by atoms with Crippen LogP contribution in [0.3, 0.4) is 0 Å². The molecule has 1 aliphatic rings. The molecule has 6 heteroatoms. The number of nitrogens with one attached hydrogen (secondary N) is 2. The van der Waals surface area contributed by atoms with Gasteiger partial charge in [-0.1, -0.05) is 46.8 Å². The predicted molar refractivity (Wildman–Crippen MR) is 134 cm³/mol. The molecular weight excluding hydrogens is 413 g/mol. The minimum atomic E-state index is -0.282. The molecule has 0 unspecified atom stereocenters. The third-order valence-electron chi connectivity index (χ3n) is 7.16.